The molecule has 3 amide bonds. The Labute approximate surface area is 225 Å². The molecule has 0 unspecified atom stereocenters. The van der Waals surface area contributed by atoms with Crippen molar-refractivity contribution in [2.24, 2.45) is 0 Å². The van der Waals surface area contributed by atoms with E-state index < -0.39 is 28.7 Å². The largest absolute Gasteiger partial charge is 0.443 e. The Kier molecular flexibility index (Phi) is 6.05. The SMILES string of the molecule is CC(=O)NCC[C@]12C(=O)NCC[C@@]13c1c(Br)cccc1N(C)[C@H]3N(C(=O)OC(C)(C)C)c1ccccc12. The number of fused-ring (bicyclic) bond motifs is 3. The summed E-state index contributed by atoms with van der Waals surface area (Å²) in [6.45, 7) is 7.83. The lowest BCUT2D eigenvalue weighted by molar-refractivity contribution is -0.134. The van der Waals surface area contributed by atoms with Gasteiger partial charge in [0.05, 0.1) is 16.5 Å². The fourth-order valence-corrected chi connectivity index (χ4v) is 7.52. The van der Waals surface area contributed by atoms with E-state index in [2.05, 4.69) is 31.5 Å². The normalized spacial score (nSPS) is 25.9. The molecule has 1 saturated heterocycles. The highest BCUT2D eigenvalue weighted by molar-refractivity contribution is 9.10. The number of benzene rings is 2. The number of amides is 3. The molecule has 0 bridgehead atoms. The number of piperidine rings is 1. The van der Waals surface area contributed by atoms with Gasteiger partial charge in [0.2, 0.25) is 11.8 Å². The third-order valence-corrected chi connectivity index (χ3v) is 8.57. The zero-order chi connectivity index (χ0) is 26.8. The van der Waals surface area contributed by atoms with Crippen LogP contribution in [0.5, 0.6) is 0 Å². The summed E-state index contributed by atoms with van der Waals surface area (Å²) < 4.78 is 6.85. The molecule has 2 aromatic carbocycles. The smallest absolute Gasteiger partial charge is 0.416 e. The quantitative estimate of drug-likeness (QED) is 0.579. The van der Waals surface area contributed by atoms with E-state index in [4.69, 9.17) is 4.74 Å². The lowest BCUT2D eigenvalue weighted by Gasteiger charge is -2.60. The summed E-state index contributed by atoms with van der Waals surface area (Å²) in [5.41, 5.74) is 0.820. The molecule has 3 aliphatic rings. The molecule has 1 spiro atoms. The Morgan fingerprint density at radius 3 is 2.57 bits per heavy atom. The van der Waals surface area contributed by atoms with E-state index in [0.717, 1.165) is 21.3 Å². The Bertz CT molecular complexity index is 1290. The predicted molar refractivity (Wildman–Crippen MR) is 146 cm³/mol. The molecule has 0 aromatic heterocycles. The van der Waals surface area contributed by atoms with Gasteiger partial charge in [-0.2, -0.15) is 0 Å². The van der Waals surface area contributed by atoms with Gasteiger partial charge in [-0.15, -0.1) is 0 Å². The van der Waals surface area contributed by atoms with Crippen LogP contribution in [0.15, 0.2) is 46.9 Å². The average molecular weight is 570 g/mol. The van der Waals surface area contributed by atoms with Crippen molar-refractivity contribution in [3.8, 4) is 0 Å². The molecule has 9 heteroatoms. The fraction of sp³-hybridized carbons (Fsp3) is 0.464. The minimum absolute atomic E-state index is 0.0950. The van der Waals surface area contributed by atoms with Crippen molar-refractivity contribution in [1.29, 1.82) is 0 Å². The van der Waals surface area contributed by atoms with Crippen LogP contribution in [0.25, 0.3) is 0 Å². The van der Waals surface area contributed by atoms with Gasteiger partial charge in [0, 0.05) is 42.8 Å². The Balaban J connectivity index is 1.86. The third-order valence-electron chi connectivity index (χ3n) is 7.91. The van der Waals surface area contributed by atoms with Crippen LogP contribution in [0, 0.1) is 0 Å². The zero-order valence-corrected chi connectivity index (χ0v) is 23.4. The van der Waals surface area contributed by atoms with Gasteiger partial charge in [-0.25, -0.2) is 4.79 Å². The van der Waals surface area contributed by atoms with E-state index in [1.807, 2.05) is 70.3 Å². The first kappa shape index (κ1) is 25.6. The Hall–Kier alpha value is -3.07. The minimum Gasteiger partial charge on any atom is -0.443 e. The Morgan fingerprint density at radius 1 is 1.16 bits per heavy atom. The fourth-order valence-electron chi connectivity index (χ4n) is 6.81. The number of nitrogens with one attached hydrogen (secondary N) is 2. The van der Waals surface area contributed by atoms with Crippen LogP contribution in [0.2, 0.25) is 0 Å². The maximum absolute atomic E-state index is 14.3. The maximum Gasteiger partial charge on any atom is 0.416 e. The number of rotatable bonds is 3. The van der Waals surface area contributed by atoms with Gasteiger partial charge in [-0.3, -0.25) is 14.5 Å². The number of anilines is 2. The van der Waals surface area contributed by atoms with Crippen LogP contribution in [-0.4, -0.2) is 49.8 Å². The van der Waals surface area contributed by atoms with Gasteiger partial charge in [0.15, 0.2) is 0 Å². The number of carbonyl (C=O) groups is 3. The van der Waals surface area contributed by atoms with Crippen LogP contribution in [0.4, 0.5) is 16.2 Å². The van der Waals surface area contributed by atoms with Crippen LogP contribution in [0.1, 0.15) is 51.7 Å². The highest BCUT2D eigenvalue weighted by Crippen LogP contribution is 2.66. The number of likely N-dealkylation sites (N-methyl/N-ethyl adjacent to an activating group) is 1. The topological polar surface area (TPSA) is 91.0 Å². The monoisotopic (exact) mass is 568 g/mol. The van der Waals surface area contributed by atoms with Crippen molar-refractivity contribution in [2.45, 2.75) is 63.1 Å². The van der Waals surface area contributed by atoms with E-state index in [0.29, 0.717) is 31.6 Å². The molecule has 2 N–H and O–H groups in total. The van der Waals surface area contributed by atoms with Gasteiger partial charge >= 0.3 is 6.09 Å². The minimum atomic E-state index is -1.04. The molecule has 5 rings (SSSR count). The van der Waals surface area contributed by atoms with Crippen molar-refractivity contribution in [3.05, 3.63) is 58.1 Å². The number of nitrogens with zero attached hydrogens (tertiary/aromatic N) is 2. The van der Waals surface area contributed by atoms with Gasteiger partial charge in [-0.05, 0) is 57.4 Å². The number of hydrogen-bond donors (Lipinski definition) is 2. The maximum atomic E-state index is 14.3. The first-order valence-electron chi connectivity index (χ1n) is 12.6. The second kappa shape index (κ2) is 8.75. The standard InChI is InChI=1S/C28H33BrN4O4/c1-17(34)30-15-13-27-18-9-6-7-11-20(18)33(25(36)37-26(2,3)4)24-28(27,14-16-31-23(27)35)22-19(29)10-8-12-21(22)32(24)5/h6-12,24H,13-16H2,1-5H3,(H,30,34)(H,31,35)/t24-,27-,28-/m0/s1. The summed E-state index contributed by atoms with van der Waals surface area (Å²) in [7, 11) is 1.97. The molecule has 3 aliphatic heterocycles. The van der Waals surface area contributed by atoms with Gasteiger partial charge < -0.3 is 20.3 Å². The van der Waals surface area contributed by atoms with Crippen molar-refractivity contribution in [3.63, 3.8) is 0 Å². The molecule has 196 valence electrons. The third kappa shape index (κ3) is 3.57. The second-order valence-electron chi connectivity index (χ2n) is 11.1. The summed E-state index contributed by atoms with van der Waals surface area (Å²) in [5.74, 6) is -0.245. The molecule has 0 radical (unpaired) electrons. The lowest BCUT2D eigenvalue weighted by Crippen LogP contribution is -2.75. The molecule has 0 saturated carbocycles. The molecule has 2 aromatic rings. The van der Waals surface area contributed by atoms with E-state index >= 15 is 0 Å². The summed E-state index contributed by atoms with van der Waals surface area (Å²) in [5, 5.41) is 6.05. The van der Waals surface area contributed by atoms with E-state index in [-0.39, 0.29) is 11.8 Å². The molecular weight excluding hydrogens is 536 g/mol. The number of para-hydroxylation sites is 1. The van der Waals surface area contributed by atoms with Gasteiger partial charge in [0.25, 0.3) is 0 Å². The highest BCUT2D eigenvalue weighted by atomic mass is 79.9. The predicted octanol–water partition coefficient (Wildman–Crippen LogP) is 4.20. The first-order valence-corrected chi connectivity index (χ1v) is 13.4. The molecule has 3 heterocycles. The van der Waals surface area contributed by atoms with Crippen molar-refractivity contribution in [2.75, 3.05) is 29.9 Å². The second-order valence-corrected chi connectivity index (χ2v) is 12.0. The first-order chi connectivity index (χ1) is 17.5. The molecule has 0 aliphatic carbocycles. The van der Waals surface area contributed by atoms with Crippen LogP contribution >= 0.6 is 15.9 Å². The van der Waals surface area contributed by atoms with Crippen LogP contribution in [0.3, 0.4) is 0 Å². The van der Waals surface area contributed by atoms with Crippen molar-refractivity contribution >= 4 is 45.2 Å². The summed E-state index contributed by atoms with van der Waals surface area (Å²) >= 11 is 3.81. The van der Waals surface area contributed by atoms with Gasteiger partial charge in [0.1, 0.15) is 11.8 Å². The van der Waals surface area contributed by atoms with Crippen molar-refractivity contribution < 1.29 is 19.1 Å². The molecular formula is C28H33BrN4O4. The van der Waals surface area contributed by atoms with E-state index in [1.54, 1.807) is 4.90 Å². The van der Waals surface area contributed by atoms with Crippen molar-refractivity contribution in [1.82, 2.24) is 10.6 Å². The van der Waals surface area contributed by atoms with Crippen LogP contribution < -0.4 is 20.4 Å². The van der Waals surface area contributed by atoms with E-state index in [1.165, 1.54) is 6.92 Å². The number of halogens is 1. The number of hydrogen-bond acceptors (Lipinski definition) is 5. The summed E-state index contributed by atoms with van der Waals surface area (Å²) in [6, 6.07) is 13.6. The van der Waals surface area contributed by atoms with Crippen LogP contribution in [-0.2, 0) is 25.2 Å². The molecule has 37 heavy (non-hydrogen) atoms. The zero-order valence-electron chi connectivity index (χ0n) is 21.9. The molecule has 3 atom stereocenters. The van der Waals surface area contributed by atoms with E-state index in [9.17, 15) is 14.4 Å². The molecule has 1 fully saturated rings. The number of carbonyl (C=O) groups excluding carboxylic acids is 3. The summed E-state index contributed by atoms with van der Waals surface area (Å²) in [6.07, 6.45) is 0.00983. The average Bonchev–Trinajstić information content (AvgIpc) is 3.06. The Morgan fingerprint density at radius 2 is 1.86 bits per heavy atom. The molecule has 8 nitrogen and oxygen atoms in total. The lowest BCUT2D eigenvalue weighted by atomic mass is 9.49. The highest BCUT2D eigenvalue weighted by Gasteiger charge is 2.72. The van der Waals surface area contributed by atoms with Gasteiger partial charge in [-0.1, -0.05) is 40.2 Å². The number of ether oxygens (including phenoxy) is 1. The summed E-state index contributed by atoms with van der Waals surface area (Å²) in [4.78, 5) is 44.0.